The third-order valence-corrected chi connectivity index (χ3v) is 3.19. The number of rotatable bonds is 6. The van der Waals surface area contributed by atoms with Crippen molar-refractivity contribution < 1.29 is 4.74 Å². The Balaban J connectivity index is 0.00000154. The summed E-state index contributed by atoms with van der Waals surface area (Å²) in [6.45, 7) is 11.4. The Morgan fingerprint density at radius 2 is 1.74 bits per heavy atom. The Hall–Kier alpha value is -1.22. The van der Waals surface area contributed by atoms with Crippen molar-refractivity contribution in [2.75, 3.05) is 45.7 Å². The second kappa shape index (κ2) is 9.68. The number of aryl methyl sites for hydroxylation is 1. The van der Waals surface area contributed by atoms with Crippen LogP contribution in [0.3, 0.4) is 0 Å². The number of likely N-dealkylation sites (N-methyl/N-ethyl adjacent to an activating group) is 2. The third-order valence-electron chi connectivity index (χ3n) is 3.19. The molecule has 1 aromatic carbocycles. The van der Waals surface area contributed by atoms with Crippen LogP contribution in [0.5, 0.6) is 5.75 Å². The molecule has 19 heavy (non-hydrogen) atoms. The SMILES string of the molecule is CC.CCN(C)CCN(C)c1ccc(C)c(OC)c1. The molecule has 0 saturated carbocycles. The molecule has 0 amide bonds. The van der Waals surface area contributed by atoms with Crippen LogP contribution in [-0.4, -0.2) is 45.7 Å². The molecule has 0 fully saturated rings. The van der Waals surface area contributed by atoms with Gasteiger partial charge in [0.1, 0.15) is 5.75 Å². The minimum atomic E-state index is 0.957. The molecule has 0 radical (unpaired) electrons. The molecular formula is C16H30N2O. The van der Waals surface area contributed by atoms with Crippen LogP contribution in [0.25, 0.3) is 0 Å². The largest absolute Gasteiger partial charge is 0.496 e. The van der Waals surface area contributed by atoms with Gasteiger partial charge in [-0.05, 0) is 32.1 Å². The average Bonchev–Trinajstić information content (AvgIpc) is 2.46. The van der Waals surface area contributed by atoms with E-state index in [2.05, 4.69) is 55.9 Å². The minimum absolute atomic E-state index is 0.957. The Morgan fingerprint density at radius 1 is 1.11 bits per heavy atom. The third kappa shape index (κ3) is 5.97. The van der Waals surface area contributed by atoms with E-state index >= 15 is 0 Å². The summed E-state index contributed by atoms with van der Waals surface area (Å²) in [7, 11) is 5.98. The van der Waals surface area contributed by atoms with E-state index in [1.165, 1.54) is 11.3 Å². The number of hydrogen-bond acceptors (Lipinski definition) is 3. The van der Waals surface area contributed by atoms with Crippen molar-refractivity contribution in [1.29, 1.82) is 0 Å². The van der Waals surface area contributed by atoms with E-state index in [-0.39, 0.29) is 0 Å². The molecule has 3 nitrogen and oxygen atoms in total. The molecule has 1 aromatic rings. The summed E-state index contributed by atoms with van der Waals surface area (Å²) in [4.78, 5) is 4.57. The fraction of sp³-hybridized carbons (Fsp3) is 0.625. The predicted molar refractivity (Wildman–Crippen MR) is 85.5 cm³/mol. The lowest BCUT2D eigenvalue weighted by Crippen LogP contribution is -2.30. The lowest BCUT2D eigenvalue weighted by molar-refractivity contribution is 0.360. The summed E-state index contributed by atoms with van der Waals surface area (Å²) in [6.07, 6.45) is 0. The Kier molecular flexibility index (Phi) is 9.06. The second-order valence-corrected chi connectivity index (χ2v) is 4.47. The van der Waals surface area contributed by atoms with Gasteiger partial charge in [0.05, 0.1) is 7.11 Å². The van der Waals surface area contributed by atoms with E-state index in [1.54, 1.807) is 7.11 Å². The molecule has 0 aliphatic carbocycles. The highest BCUT2D eigenvalue weighted by molar-refractivity contribution is 5.53. The number of ether oxygens (including phenoxy) is 1. The fourth-order valence-corrected chi connectivity index (χ4v) is 1.65. The van der Waals surface area contributed by atoms with Crippen LogP contribution in [0.4, 0.5) is 5.69 Å². The molecule has 0 unspecified atom stereocenters. The van der Waals surface area contributed by atoms with Gasteiger partial charge in [-0.15, -0.1) is 0 Å². The summed E-state index contributed by atoms with van der Waals surface area (Å²) in [5, 5.41) is 0. The summed E-state index contributed by atoms with van der Waals surface area (Å²) in [5.41, 5.74) is 2.38. The zero-order chi connectivity index (χ0) is 14.8. The second-order valence-electron chi connectivity index (χ2n) is 4.47. The van der Waals surface area contributed by atoms with E-state index in [0.717, 1.165) is 25.4 Å². The number of methoxy groups -OCH3 is 1. The van der Waals surface area contributed by atoms with E-state index in [4.69, 9.17) is 4.74 Å². The average molecular weight is 266 g/mol. The van der Waals surface area contributed by atoms with Crippen LogP contribution >= 0.6 is 0 Å². The zero-order valence-corrected chi connectivity index (χ0v) is 13.7. The smallest absolute Gasteiger partial charge is 0.123 e. The van der Waals surface area contributed by atoms with Gasteiger partial charge >= 0.3 is 0 Å². The molecule has 0 aliphatic rings. The first-order valence-electron chi connectivity index (χ1n) is 7.12. The maximum Gasteiger partial charge on any atom is 0.123 e. The van der Waals surface area contributed by atoms with Crippen LogP contribution in [0, 0.1) is 6.92 Å². The molecule has 0 bridgehead atoms. The maximum absolute atomic E-state index is 5.35. The van der Waals surface area contributed by atoms with E-state index in [9.17, 15) is 0 Å². The van der Waals surface area contributed by atoms with Gasteiger partial charge in [-0.3, -0.25) is 0 Å². The number of nitrogens with zero attached hydrogens (tertiary/aromatic N) is 2. The molecule has 0 aliphatic heterocycles. The van der Waals surface area contributed by atoms with Crippen LogP contribution < -0.4 is 9.64 Å². The highest BCUT2D eigenvalue weighted by atomic mass is 16.5. The van der Waals surface area contributed by atoms with Gasteiger partial charge in [0.25, 0.3) is 0 Å². The van der Waals surface area contributed by atoms with Gasteiger partial charge in [-0.2, -0.15) is 0 Å². The highest BCUT2D eigenvalue weighted by Crippen LogP contribution is 2.24. The molecule has 110 valence electrons. The van der Waals surface area contributed by atoms with E-state index < -0.39 is 0 Å². The van der Waals surface area contributed by atoms with E-state index in [0.29, 0.717) is 0 Å². The first-order valence-corrected chi connectivity index (χ1v) is 7.12. The van der Waals surface area contributed by atoms with Crippen LogP contribution in [0.15, 0.2) is 18.2 Å². The van der Waals surface area contributed by atoms with Gasteiger partial charge in [-0.25, -0.2) is 0 Å². The Bertz CT molecular complexity index is 353. The Labute approximate surface area is 119 Å². The summed E-state index contributed by atoms with van der Waals surface area (Å²) in [5.74, 6) is 0.957. The van der Waals surface area contributed by atoms with Crippen molar-refractivity contribution in [2.45, 2.75) is 27.7 Å². The summed E-state index contributed by atoms with van der Waals surface area (Å²) in [6, 6.07) is 6.35. The van der Waals surface area contributed by atoms with Gasteiger partial charge < -0.3 is 14.5 Å². The van der Waals surface area contributed by atoms with Crippen molar-refractivity contribution in [1.82, 2.24) is 4.90 Å². The molecule has 0 N–H and O–H groups in total. The standard InChI is InChI=1S/C14H24N2O.C2H6/c1-6-15(3)9-10-16(4)13-8-7-12(2)14(11-13)17-5;1-2/h7-8,11H,6,9-10H2,1-5H3;1-2H3. The minimum Gasteiger partial charge on any atom is -0.496 e. The highest BCUT2D eigenvalue weighted by Gasteiger charge is 2.05. The molecule has 0 aromatic heterocycles. The van der Waals surface area contributed by atoms with Crippen LogP contribution in [-0.2, 0) is 0 Å². The van der Waals surface area contributed by atoms with E-state index in [1.807, 2.05) is 13.8 Å². The van der Waals surface area contributed by atoms with Crippen molar-refractivity contribution in [3.8, 4) is 5.75 Å². The number of benzene rings is 1. The molecule has 0 heterocycles. The number of hydrogen-bond donors (Lipinski definition) is 0. The van der Waals surface area contributed by atoms with Crippen LogP contribution in [0.2, 0.25) is 0 Å². The first-order chi connectivity index (χ1) is 9.08. The normalized spacial score (nSPS) is 9.89. The molecular weight excluding hydrogens is 236 g/mol. The quantitative estimate of drug-likeness (QED) is 0.784. The fourth-order valence-electron chi connectivity index (χ4n) is 1.65. The topological polar surface area (TPSA) is 15.7 Å². The maximum atomic E-state index is 5.35. The van der Waals surface area contributed by atoms with Gasteiger partial charge in [0.2, 0.25) is 0 Å². The lowest BCUT2D eigenvalue weighted by Gasteiger charge is -2.23. The predicted octanol–water partition coefficient (Wildman–Crippen LogP) is 3.42. The monoisotopic (exact) mass is 266 g/mol. The van der Waals surface area contributed by atoms with Crippen molar-refractivity contribution in [3.05, 3.63) is 23.8 Å². The molecule has 3 heteroatoms. The molecule has 1 rings (SSSR count). The molecule has 0 spiro atoms. The zero-order valence-electron chi connectivity index (χ0n) is 13.7. The van der Waals surface area contributed by atoms with Crippen LogP contribution in [0.1, 0.15) is 26.3 Å². The Morgan fingerprint density at radius 3 is 2.26 bits per heavy atom. The van der Waals surface area contributed by atoms with Gasteiger partial charge in [0.15, 0.2) is 0 Å². The van der Waals surface area contributed by atoms with Crippen molar-refractivity contribution in [3.63, 3.8) is 0 Å². The molecule has 0 saturated heterocycles. The van der Waals surface area contributed by atoms with Crippen molar-refractivity contribution in [2.24, 2.45) is 0 Å². The molecule has 0 atom stereocenters. The summed E-state index contributed by atoms with van der Waals surface area (Å²) >= 11 is 0. The van der Waals surface area contributed by atoms with Crippen molar-refractivity contribution >= 4 is 5.69 Å². The first kappa shape index (κ1) is 17.8. The number of anilines is 1. The van der Waals surface area contributed by atoms with Gasteiger partial charge in [-0.1, -0.05) is 26.8 Å². The lowest BCUT2D eigenvalue weighted by atomic mass is 10.2. The van der Waals surface area contributed by atoms with Gasteiger partial charge in [0, 0.05) is 31.9 Å². The summed E-state index contributed by atoms with van der Waals surface area (Å²) < 4.78 is 5.35.